The maximum atomic E-state index is 13.0. The summed E-state index contributed by atoms with van der Waals surface area (Å²) in [5, 5.41) is 66.8. The van der Waals surface area contributed by atoms with Crippen LogP contribution < -0.4 is 39.2 Å². The summed E-state index contributed by atoms with van der Waals surface area (Å²) >= 11 is 0. The molecule has 0 saturated carbocycles. The molecule has 3 aromatic heterocycles. The van der Waals surface area contributed by atoms with Crippen LogP contribution >= 0.6 is 0 Å². The van der Waals surface area contributed by atoms with Crippen LogP contribution in [0.4, 0.5) is 17.5 Å². The van der Waals surface area contributed by atoms with E-state index in [4.69, 9.17) is 72.0 Å². The molecule has 0 bridgehead atoms. The van der Waals surface area contributed by atoms with Gasteiger partial charge in [0, 0.05) is 89.5 Å². The van der Waals surface area contributed by atoms with Crippen LogP contribution in [-0.4, -0.2) is 189 Å². The number of primary amides is 1. The Morgan fingerprint density at radius 2 is 0.945 bits per heavy atom. The third kappa shape index (κ3) is 27.5. The molecule has 145 heavy (non-hydrogen) atoms. The molecule has 35 nitrogen and oxygen atoms in total. The molecule has 0 aliphatic carbocycles. The normalized spacial score (nSPS) is 23.2. The van der Waals surface area contributed by atoms with Crippen LogP contribution in [0.5, 0.6) is 11.5 Å². The number of aromatic hydroxyl groups is 2. The van der Waals surface area contributed by atoms with Crippen molar-refractivity contribution in [2.75, 3.05) is 36.2 Å². The van der Waals surface area contributed by atoms with E-state index in [2.05, 4.69) is 272 Å². The van der Waals surface area contributed by atoms with Gasteiger partial charge in [-0.15, -0.1) is 0 Å². The summed E-state index contributed by atoms with van der Waals surface area (Å²) in [6.07, 6.45) is 0.547. The van der Waals surface area contributed by atoms with Gasteiger partial charge in [0.05, 0.1) is 48.0 Å². The maximum absolute atomic E-state index is 13.0. The van der Waals surface area contributed by atoms with Crippen molar-refractivity contribution in [2.24, 2.45) is 26.5 Å². The first kappa shape index (κ1) is 125. The van der Waals surface area contributed by atoms with Gasteiger partial charge in [0.2, 0.25) is 17.7 Å². The van der Waals surface area contributed by atoms with Crippen LogP contribution in [0.3, 0.4) is 0 Å². The van der Waals surface area contributed by atoms with Crippen molar-refractivity contribution in [3.63, 3.8) is 0 Å². The number of sulfone groups is 1. The van der Waals surface area contributed by atoms with Gasteiger partial charge in [0.25, 0.3) is 9.84 Å². The van der Waals surface area contributed by atoms with Crippen LogP contribution in [0.2, 0.25) is 44.3 Å². The van der Waals surface area contributed by atoms with Crippen LogP contribution in [0.1, 0.15) is 307 Å². The molecule has 0 spiro atoms. The molecule has 8 heterocycles. The van der Waals surface area contributed by atoms with Crippen LogP contribution in [0, 0.1) is 39.7 Å². The minimum Gasteiger partial charge on any atom is -0.507 e. The second-order valence-electron chi connectivity index (χ2n) is 46.2. The first-order chi connectivity index (χ1) is 65.9. The first-order valence-corrected chi connectivity index (χ1v) is 58.7. The topological polar surface area (TPSA) is 502 Å². The Morgan fingerprint density at radius 3 is 1.30 bits per heavy atom. The SMILES string of the molecule is C=C1[C@H](n2ccc(NC(C)=O)nc2=O)O[C@@H]2CO[Si](C(C)C)(C(C)C)O[Si](C(C)C)(C(C)C)O[C@@H]12.CC(=O)Nc1ccn([C@@H]2O[C@@H]3CO[Si](C(C)C)(C(C)C)O[Si](C(C)C)(C(C)C)O[C@H]3[C@@]2(C)C#N)c(=O)n1.CC(C)(C)c1cc(C=NC(C)(C)C(C)(C)N=Cc2cc(C(C)(C)C)cc(C(C)(C)C)c2O)c(O)c(C(C)(C)C)c1.C[C@@]1(C(N)=O)[C@H](O)[C@@H](CO)O[C@H]1n1ccc(N)nc1=O.Cc1ccc(S(=O)(=O)C#N)cc1.[Co]. The summed E-state index contributed by atoms with van der Waals surface area (Å²) in [5.41, 5.74) is 12.8. The van der Waals surface area contributed by atoms with Gasteiger partial charge in [-0.05, 0) is 168 Å². The molecule has 5 aliphatic heterocycles. The largest absolute Gasteiger partial charge is 0.507 e. The molecule has 6 aromatic rings. The third-order valence-corrected chi connectivity index (χ3v) is 49.5. The summed E-state index contributed by atoms with van der Waals surface area (Å²) in [6, 6.07) is 21.3. The number of benzene rings is 3. The van der Waals surface area contributed by atoms with Crippen molar-refractivity contribution in [3.8, 4) is 23.0 Å². The number of rotatable bonds is 21. The molecule has 3 amide bonds. The van der Waals surface area contributed by atoms with Crippen molar-refractivity contribution >= 4 is 91.7 Å². The number of nitrogens with two attached hydrogens (primary N) is 2. The smallest absolute Gasteiger partial charge is 0.351 e. The molecule has 5 fully saturated rings. The number of nitrogen functional groups attached to an aromatic ring is 1. The van der Waals surface area contributed by atoms with Crippen molar-refractivity contribution in [1.82, 2.24) is 28.7 Å². The van der Waals surface area contributed by atoms with Crippen molar-refractivity contribution in [2.45, 2.75) is 393 Å². The van der Waals surface area contributed by atoms with Gasteiger partial charge < -0.3 is 82.7 Å². The molecule has 0 unspecified atom stereocenters. The van der Waals surface area contributed by atoms with E-state index in [0.717, 1.165) is 43.5 Å². The standard InChI is InChI=1S/C36H56N2O2.C25H42N4O6Si2.C24H41N3O6Si2.C11H16N4O5.C8H7NO2S.Co/c1-31(2,3)25-17-23(29(39)27(19-25)33(7,8)9)21-37-35(13,14)36(15,16)38-22-24-18-26(32(4,5)6)20-28(30(24)40)34(10,11)12;1-15(2)36(16(3)4)32-13-20-22(34-37(35-36,17(5)6)18(7)8)25(10,14-26)23(33-20)29-12-11-21(27-19(9)30)28-24(29)31;1-14(2)34(15(3)4)30-13-20-22(32-35(33-34,16(5)6)17(7)8)18(9)23(31-20)27-12-11-21(25-19(10)28)26-24(27)29;1-11(8(13)18)7(17)5(4-16)20-9(11)15-3-2-6(12)14-10(15)19;1-7-2-4-8(5-3-7)12(10,11)6-9;/h17-22,39-40H,1-16H3;11-12,15-18,20,22-23H,13H2,1-10H3,(H,27,28,30,31);11-12,14-17,20,22-23H,9,13H2,1-8,10H3,(H,25,26,28,29);2-3,5,7,9,16-17H,4H2,1H3,(H2,13,18)(H2,12,14,19);2-5H,1H3;/t;20-,22-,23-,25-;20-,22+,23-;5-,7-,9-,11+;;/m.111../s1. The Bertz CT molecular complexity index is 5910. The number of nitriles is 2. The minimum atomic E-state index is -3.71. The molecule has 10 N–H and O–H groups in total. The number of anilines is 3. The van der Waals surface area contributed by atoms with Crippen LogP contribution in [0.25, 0.3) is 0 Å². The van der Waals surface area contributed by atoms with E-state index in [1.54, 1.807) is 43.7 Å². The molecule has 3 aromatic carbocycles. The summed E-state index contributed by atoms with van der Waals surface area (Å²) in [4.78, 5) is 93.6. The Kier molecular flexibility index (Phi) is 40.9. The van der Waals surface area contributed by atoms with E-state index in [1.807, 2.05) is 19.1 Å². The van der Waals surface area contributed by atoms with Gasteiger partial charge in [-0.3, -0.25) is 38.1 Å². The summed E-state index contributed by atoms with van der Waals surface area (Å²) in [5.74, 6) is -0.581. The van der Waals surface area contributed by atoms with Crippen molar-refractivity contribution in [1.29, 1.82) is 10.5 Å². The number of amides is 3. The van der Waals surface area contributed by atoms with E-state index in [0.29, 0.717) is 12.2 Å². The molecule has 11 rings (SSSR count). The second-order valence-corrected chi connectivity index (χ2v) is 65.6. The van der Waals surface area contributed by atoms with E-state index in [9.17, 15) is 57.8 Å². The Hall–Kier alpha value is -8.95. The Balaban J connectivity index is 0.000000288. The summed E-state index contributed by atoms with van der Waals surface area (Å²) in [7, 11) is -15.0. The number of aromatic nitrogens is 6. The van der Waals surface area contributed by atoms with Crippen molar-refractivity contribution in [3.05, 3.63) is 168 Å². The average molecular weight is 2150 g/mol. The van der Waals surface area contributed by atoms with E-state index in [1.165, 1.54) is 72.0 Å². The van der Waals surface area contributed by atoms with E-state index < -0.39 is 151 Å². The zero-order valence-electron chi connectivity index (χ0n) is 92.0. The number of carbonyl (C=O) groups is 3. The average Bonchev–Trinajstić information content (AvgIpc) is 1.57. The number of nitrogens with one attached hydrogen (secondary N) is 2. The molecular formula is C104H162CoN14O21SSi4. The fourth-order valence-electron chi connectivity index (χ4n) is 18.2. The number of hydrogen-bond acceptors (Lipinski definition) is 29. The number of fused-ring (bicyclic) bond motifs is 2. The molecule has 805 valence electrons. The number of phenolic OH excluding ortho intramolecular Hbond substituents is 2. The minimum absolute atomic E-state index is 0. The van der Waals surface area contributed by atoms with E-state index >= 15 is 0 Å². The number of carbonyl (C=O) groups excluding carboxylic acids is 3. The molecule has 5 saturated heterocycles. The van der Waals surface area contributed by atoms with Gasteiger partial charge in [0.15, 0.2) is 24.1 Å². The predicted molar refractivity (Wildman–Crippen MR) is 569 cm³/mol. The van der Waals surface area contributed by atoms with Crippen LogP contribution in [0.15, 0.2) is 127 Å². The number of ether oxygens (including phenoxy) is 3. The number of nitrogens with zero attached hydrogens (tertiary/aromatic N) is 10. The third-order valence-electron chi connectivity index (χ3n) is 28.0. The zero-order valence-corrected chi connectivity index (χ0v) is 97.8. The monoisotopic (exact) mass is 2150 g/mol. The molecular weight excluding hydrogens is 1980 g/mol. The second kappa shape index (κ2) is 47.5. The quantitative estimate of drug-likeness (QED) is 0.0109. The molecule has 41 heteroatoms. The van der Waals surface area contributed by atoms with Gasteiger partial charge in [0.1, 0.15) is 70.3 Å². The number of aliphatic hydroxyl groups excluding tert-OH is 2. The molecule has 1 radical (unpaired) electrons. The van der Waals surface area contributed by atoms with Gasteiger partial charge in [-0.1, -0.05) is 230 Å². The van der Waals surface area contributed by atoms with Gasteiger partial charge in [-0.25, -0.2) is 22.8 Å². The zero-order chi connectivity index (χ0) is 110. The number of hydrogen-bond donors (Lipinski definition) is 8. The maximum Gasteiger partial charge on any atom is 0.351 e. The number of aryl methyl sites for hydroxylation is 1. The molecule has 5 aliphatic rings. The Morgan fingerprint density at radius 1 is 0.566 bits per heavy atom. The Labute approximate surface area is 872 Å². The fourth-order valence-corrected chi connectivity index (χ4v) is 41.3. The van der Waals surface area contributed by atoms with Crippen LogP contribution in [-0.2, 0) is 103 Å². The number of phenols is 2. The number of thiocyanates is 1. The predicted octanol–water partition coefficient (Wildman–Crippen LogP) is 17.4. The summed E-state index contributed by atoms with van der Waals surface area (Å²) < 4.78 is 85.9. The number of aliphatic imine (C=N–C) groups is 2. The summed E-state index contributed by atoms with van der Waals surface area (Å²) in [6.45, 7) is 80.4. The first-order valence-electron chi connectivity index (χ1n) is 49.3. The fraction of sp³-hybridized carbons (Fsp3) is 0.625. The van der Waals surface area contributed by atoms with Gasteiger partial charge >= 0.3 is 51.3 Å². The van der Waals surface area contributed by atoms with Gasteiger partial charge in [-0.2, -0.15) is 25.5 Å². The number of aliphatic hydroxyl groups is 2. The van der Waals surface area contributed by atoms with Crippen molar-refractivity contribution < 1.29 is 100 Å². The molecule has 11 atom stereocenters. The van der Waals surface area contributed by atoms with E-state index in [-0.39, 0.29) is 135 Å².